The lowest BCUT2D eigenvalue weighted by molar-refractivity contribution is 0.643. The van der Waals surface area contributed by atoms with Crippen molar-refractivity contribution in [1.82, 2.24) is 23.5 Å². The van der Waals surface area contributed by atoms with Gasteiger partial charge in [-0.1, -0.05) is 109 Å². The molecule has 0 spiro atoms. The van der Waals surface area contributed by atoms with Crippen molar-refractivity contribution in [3.63, 3.8) is 0 Å². The van der Waals surface area contributed by atoms with Crippen LogP contribution in [-0.4, -0.2) is 23.5 Å². The van der Waals surface area contributed by atoms with E-state index in [2.05, 4.69) is 159 Å². The molecule has 252 valence electrons. The minimum atomic E-state index is 0.559. The highest BCUT2D eigenvalue weighted by Gasteiger charge is 2.22. The minimum absolute atomic E-state index is 0.559. The Labute approximate surface area is 308 Å². The Hall–Kier alpha value is -7.44. The number of fused-ring (bicyclic) bond motifs is 11. The number of benzene rings is 7. The van der Waals surface area contributed by atoms with Crippen molar-refractivity contribution in [3.8, 4) is 33.8 Å². The fourth-order valence-electron chi connectivity index (χ4n) is 8.68. The fraction of sp³-hybridized carbons (Fsp3) is 0. The summed E-state index contributed by atoms with van der Waals surface area (Å²) in [5, 5.41) is 4.91. The van der Waals surface area contributed by atoms with Gasteiger partial charge < -0.3 is 13.6 Å². The quantitative estimate of drug-likeness (QED) is 0.185. The third-order valence-electron chi connectivity index (χ3n) is 11.0. The first-order valence-corrected chi connectivity index (χ1v) is 18.2. The monoisotopic (exact) mass is 691 g/mol. The van der Waals surface area contributed by atoms with E-state index in [1.807, 2.05) is 30.5 Å². The van der Waals surface area contributed by atoms with Gasteiger partial charge in [-0.25, -0.2) is 0 Å². The second-order valence-electron chi connectivity index (χ2n) is 13.8. The van der Waals surface area contributed by atoms with Crippen LogP contribution in [0.1, 0.15) is 0 Å². The van der Waals surface area contributed by atoms with Gasteiger partial charge in [-0.15, -0.1) is 0 Å². The SMILES string of the molecule is c1ccc(-c2nccc3c2oc2nc4ccccc4n23)c(-c2ccccc2-n2c3ccccc3c3cc(-n4c5ccccc5c5ccccc54)ccc32)c1. The molecule has 0 saturated carbocycles. The van der Waals surface area contributed by atoms with Gasteiger partial charge in [0, 0.05) is 44.6 Å². The average molecular weight is 692 g/mol. The first kappa shape index (κ1) is 29.2. The summed E-state index contributed by atoms with van der Waals surface area (Å²) in [6.07, 6.45) is 1.87. The number of rotatable bonds is 4. The van der Waals surface area contributed by atoms with Crippen LogP contribution >= 0.6 is 0 Å². The Morgan fingerprint density at radius 3 is 1.76 bits per heavy atom. The molecule has 0 aliphatic heterocycles. The topological polar surface area (TPSA) is 53.2 Å². The largest absolute Gasteiger partial charge is 0.421 e. The highest BCUT2D eigenvalue weighted by molar-refractivity contribution is 6.13. The van der Waals surface area contributed by atoms with Crippen LogP contribution in [0.25, 0.3) is 105 Å². The van der Waals surface area contributed by atoms with Crippen LogP contribution in [0, 0.1) is 0 Å². The number of nitrogens with zero attached hydrogens (tertiary/aromatic N) is 5. The number of hydrogen-bond acceptors (Lipinski definition) is 3. The summed E-state index contributed by atoms with van der Waals surface area (Å²) in [6, 6.07) is 60.3. The molecule has 5 aromatic heterocycles. The lowest BCUT2D eigenvalue weighted by Gasteiger charge is -2.17. The van der Waals surface area contributed by atoms with E-state index in [4.69, 9.17) is 14.4 Å². The molecule has 0 amide bonds. The molecule has 7 aromatic carbocycles. The molecule has 12 rings (SSSR count). The second-order valence-corrected chi connectivity index (χ2v) is 13.8. The molecule has 12 aromatic rings. The molecule has 0 aliphatic carbocycles. The van der Waals surface area contributed by atoms with E-state index in [9.17, 15) is 0 Å². The zero-order valence-corrected chi connectivity index (χ0v) is 28.9. The van der Waals surface area contributed by atoms with E-state index in [0.717, 1.165) is 61.3 Å². The highest BCUT2D eigenvalue weighted by atomic mass is 16.4. The molecule has 6 nitrogen and oxygen atoms in total. The van der Waals surface area contributed by atoms with Gasteiger partial charge >= 0.3 is 5.84 Å². The number of para-hydroxylation sites is 6. The number of aromatic nitrogens is 5. The number of oxazole rings is 1. The Balaban J connectivity index is 1.08. The smallest absolute Gasteiger partial charge is 0.307 e. The van der Waals surface area contributed by atoms with Crippen molar-refractivity contribution in [2.24, 2.45) is 0 Å². The van der Waals surface area contributed by atoms with Gasteiger partial charge in [-0.05, 0) is 66.2 Å². The van der Waals surface area contributed by atoms with Crippen LogP contribution in [-0.2, 0) is 0 Å². The van der Waals surface area contributed by atoms with Gasteiger partial charge in [-0.3, -0.25) is 9.38 Å². The summed E-state index contributed by atoms with van der Waals surface area (Å²) < 4.78 is 13.4. The van der Waals surface area contributed by atoms with Crippen molar-refractivity contribution in [3.05, 3.63) is 176 Å². The van der Waals surface area contributed by atoms with E-state index in [0.29, 0.717) is 11.4 Å². The second kappa shape index (κ2) is 11.0. The summed E-state index contributed by atoms with van der Waals surface area (Å²) >= 11 is 0. The minimum Gasteiger partial charge on any atom is -0.421 e. The first-order valence-electron chi connectivity index (χ1n) is 18.2. The van der Waals surface area contributed by atoms with Crippen LogP contribution < -0.4 is 0 Å². The number of imidazole rings is 1. The first-order chi connectivity index (χ1) is 26.8. The van der Waals surface area contributed by atoms with Crippen LogP contribution in [0.3, 0.4) is 0 Å². The summed E-state index contributed by atoms with van der Waals surface area (Å²) in [6.45, 7) is 0. The number of hydrogen-bond donors (Lipinski definition) is 0. The Morgan fingerprint density at radius 1 is 0.426 bits per heavy atom. The van der Waals surface area contributed by atoms with Crippen molar-refractivity contribution in [2.45, 2.75) is 0 Å². The molecule has 0 aliphatic rings. The average Bonchev–Trinajstić information content (AvgIpc) is 3.97. The fourth-order valence-corrected chi connectivity index (χ4v) is 8.68. The van der Waals surface area contributed by atoms with Crippen LogP contribution in [0.15, 0.2) is 180 Å². The van der Waals surface area contributed by atoms with E-state index < -0.39 is 0 Å². The zero-order valence-electron chi connectivity index (χ0n) is 28.9. The molecule has 0 N–H and O–H groups in total. The predicted octanol–water partition coefficient (Wildman–Crippen LogP) is 12.2. The Bertz CT molecular complexity index is 3410. The van der Waals surface area contributed by atoms with Gasteiger partial charge in [-0.2, -0.15) is 4.98 Å². The van der Waals surface area contributed by atoms with Gasteiger partial charge in [0.25, 0.3) is 0 Å². The molecular weight excluding hydrogens is 663 g/mol. The molecule has 0 fully saturated rings. The molecule has 6 heteroatoms. The predicted molar refractivity (Wildman–Crippen MR) is 220 cm³/mol. The highest BCUT2D eigenvalue weighted by Crippen LogP contribution is 2.42. The molecule has 0 unspecified atom stereocenters. The summed E-state index contributed by atoms with van der Waals surface area (Å²) in [4.78, 5) is 9.73. The third-order valence-corrected chi connectivity index (χ3v) is 11.0. The Morgan fingerprint density at radius 2 is 1.00 bits per heavy atom. The zero-order chi connectivity index (χ0) is 35.3. The van der Waals surface area contributed by atoms with Crippen LogP contribution in [0.4, 0.5) is 0 Å². The summed E-state index contributed by atoms with van der Waals surface area (Å²) in [7, 11) is 0. The van der Waals surface area contributed by atoms with Crippen molar-refractivity contribution in [2.75, 3.05) is 0 Å². The van der Waals surface area contributed by atoms with Crippen molar-refractivity contribution in [1.29, 1.82) is 0 Å². The molecule has 0 atom stereocenters. The number of pyridine rings is 1. The lowest BCUT2D eigenvalue weighted by Crippen LogP contribution is -1.99. The van der Waals surface area contributed by atoms with Gasteiger partial charge in [0.2, 0.25) is 0 Å². The van der Waals surface area contributed by atoms with Gasteiger partial charge in [0.1, 0.15) is 5.69 Å². The normalized spacial score (nSPS) is 12.1. The van der Waals surface area contributed by atoms with Crippen LogP contribution in [0.5, 0.6) is 0 Å². The molecule has 0 radical (unpaired) electrons. The molecule has 0 bridgehead atoms. The van der Waals surface area contributed by atoms with E-state index in [-0.39, 0.29) is 0 Å². The maximum atomic E-state index is 6.51. The van der Waals surface area contributed by atoms with Crippen molar-refractivity contribution < 1.29 is 4.42 Å². The third kappa shape index (κ3) is 3.99. The maximum absolute atomic E-state index is 6.51. The van der Waals surface area contributed by atoms with E-state index >= 15 is 0 Å². The summed E-state index contributed by atoms with van der Waals surface area (Å²) in [5.74, 6) is 0.559. The van der Waals surface area contributed by atoms with Gasteiger partial charge in [0.15, 0.2) is 5.58 Å². The van der Waals surface area contributed by atoms with E-state index in [1.54, 1.807) is 0 Å². The Kier molecular flexibility index (Phi) is 5.96. The molecule has 5 heterocycles. The molecule has 54 heavy (non-hydrogen) atoms. The van der Waals surface area contributed by atoms with Crippen LogP contribution in [0.2, 0.25) is 0 Å². The molecular formula is C48H29N5O. The van der Waals surface area contributed by atoms with Crippen molar-refractivity contribution >= 4 is 71.6 Å². The van der Waals surface area contributed by atoms with Gasteiger partial charge in [0.05, 0.1) is 44.3 Å². The van der Waals surface area contributed by atoms with E-state index in [1.165, 1.54) is 32.6 Å². The molecule has 0 saturated heterocycles. The summed E-state index contributed by atoms with van der Waals surface area (Å²) in [5.41, 5.74) is 14.4. The lowest BCUT2D eigenvalue weighted by atomic mass is 9.95. The standard InChI is InChI=1S/C48H29N5O/c1-2-18-36(46-47-45(27-28-49-46)53-44-24-12-7-19-38(44)50-48(53)54-47)31(13-1)32-14-3-10-22-41(32)52-42-23-11-6-17-35(42)37-29-30(25-26-43(37)52)51-39-20-8-4-15-33(39)34-16-5-9-21-40(34)51/h1-29H. The maximum Gasteiger partial charge on any atom is 0.307 e.